The molecule has 1 rings (SSSR count). The van der Waals surface area contributed by atoms with Crippen molar-refractivity contribution in [3.05, 3.63) is 19.0 Å². The summed E-state index contributed by atoms with van der Waals surface area (Å²) in [7, 11) is 0. The molecule has 0 atom stereocenters. The van der Waals surface area contributed by atoms with Gasteiger partial charge in [-0.2, -0.15) is 5.10 Å². The molecule has 4 heteroatoms. The molecule has 0 radical (unpaired) electrons. The van der Waals surface area contributed by atoms with Gasteiger partial charge in [0.2, 0.25) is 0 Å². The molecule has 3 nitrogen and oxygen atoms in total. The maximum absolute atomic E-state index is 3.90. The third-order valence-corrected chi connectivity index (χ3v) is 1.60. The highest BCUT2D eigenvalue weighted by Gasteiger charge is 1.90. The van der Waals surface area contributed by atoms with E-state index in [4.69, 9.17) is 0 Å². The zero-order chi connectivity index (χ0) is 6.53. The van der Waals surface area contributed by atoms with Crippen LogP contribution in [0.5, 0.6) is 0 Å². The van der Waals surface area contributed by atoms with Crippen LogP contribution in [0.15, 0.2) is 24.1 Å². The highest BCUT2D eigenvalue weighted by Crippen LogP contribution is 2.08. The van der Waals surface area contributed by atoms with E-state index in [9.17, 15) is 0 Å². The van der Waals surface area contributed by atoms with Gasteiger partial charge in [-0.1, -0.05) is 17.8 Å². The van der Waals surface area contributed by atoms with Gasteiger partial charge in [0, 0.05) is 5.75 Å². The Morgan fingerprint density at radius 3 is 3.33 bits per heavy atom. The Labute approximate surface area is 57.6 Å². The zero-order valence-electron chi connectivity index (χ0n) is 4.87. The van der Waals surface area contributed by atoms with Crippen molar-refractivity contribution in [1.29, 1.82) is 0 Å². The third kappa shape index (κ3) is 1.89. The van der Waals surface area contributed by atoms with Crippen molar-refractivity contribution in [3.8, 4) is 0 Å². The highest BCUT2D eigenvalue weighted by atomic mass is 32.2. The van der Waals surface area contributed by atoms with Crippen LogP contribution in [0, 0.1) is 0 Å². The van der Waals surface area contributed by atoms with Gasteiger partial charge in [-0.15, -0.1) is 6.58 Å². The van der Waals surface area contributed by atoms with E-state index in [1.807, 2.05) is 6.08 Å². The first kappa shape index (κ1) is 6.35. The quantitative estimate of drug-likeness (QED) is 0.506. The SMILES string of the molecule is C=CCSc1ncn[nH]1. The van der Waals surface area contributed by atoms with Crippen molar-refractivity contribution in [2.75, 3.05) is 5.75 Å². The molecule has 0 amide bonds. The van der Waals surface area contributed by atoms with Gasteiger partial charge < -0.3 is 0 Å². The second-order valence-electron chi connectivity index (χ2n) is 1.39. The normalized spacial score (nSPS) is 9.33. The summed E-state index contributed by atoms with van der Waals surface area (Å²) in [5.41, 5.74) is 0. The van der Waals surface area contributed by atoms with Gasteiger partial charge in [0.25, 0.3) is 0 Å². The van der Waals surface area contributed by atoms with E-state index in [-0.39, 0.29) is 0 Å². The summed E-state index contributed by atoms with van der Waals surface area (Å²) >= 11 is 1.58. The summed E-state index contributed by atoms with van der Waals surface area (Å²) < 4.78 is 0. The first-order valence-electron chi connectivity index (χ1n) is 2.52. The van der Waals surface area contributed by atoms with Gasteiger partial charge in [0.15, 0.2) is 5.16 Å². The number of aromatic nitrogens is 3. The molecule has 0 unspecified atom stereocenters. The molecule has 1 aromatic rings. The molecule has 0 aliphatic carbocycles. The fraction of sp³-hybridized carbons (Fsp3) is 0.200. The van der Waals surface area contributed by atoms with E-state index in [1.165, 1.54) is 6.33 Å². The Morgan fingerprint density at radius 1 is 1.89 bits per heavy atom. The highest BCUT2D eigenvalue weighted by molar-refractivity contribution is 7.99. The minimum absolute atomic E-state index is 0.843. The van der Waals surface area contributed by atoms with Gasteiger partial charge in [-0.3, -0.25) is 5.10 Å². The molecule has 0 aromatic carbocycles. The lowest BCUT2D eigenvalue weighted by Crippen LogP contribution is -1.74. The molecule has 0 bridgehead atoms. The molecule has 1 heterocycles. The smallest absolute Gasteiger partial charge is 0.183 e. The largest absolute Gasteiger partial charge is 0.254 e. The van der Waals surface area contributed by atoms with Crippen molar-refractivity contribution in [1.82, 2.24) is 15.2 Å². The number of aromatic amines is 1. The van der Waals surface area contributed by atoms with E-state index >= 15 is 0 Å². The van der Waals surface area contributed by atoms with Crippen LogP contribution in [0.25, 0.3) is 0 Å². The minimum Gasteiger partial charge on any atom is -0.254 e. The maximum atomic E-state index is 3.90. The number of nitrogens with one attached hydrogen (secondary N) is 1. The van der Waals surface area contributed by atoms with Gasteiger partial charge >= 0.3 is 0 Å². The molecule has 0 fully saturated rings. The second-order valence-corrected chi connectivity index (χ2v) is 2.40. The average Bonchev–Trinajstić information content (AvgIpc) is 2.34. The molecular weight excluding hydrogens is 134 g/mol. The number of thioether (sulfide) groups is 1. The fourth-order valence-electron chi connectivity index (χ4n) is 0.402. The molecule has 0 aliphatic heterocycles. The van der Waals surface area contributed by atoms with Crippen molar-refractivity contribution in [2.24, 2.45) is 0 Å². The predicted molar refractivity (Wildman–Crippen MR) is 37.3 cm³/mol. The Kier molecular flexibility index (Phi) is 2.32. The summed E-state index contributed by atoms with van der Waals surface area (Å²) in [5, 5.41) is 7.25. The molecule has 1 aromatic heterocycles. The van der Waals surface area contributed by atoms with E-state index < -0.39 is 0 Å². The zero-order valence-corrected chi connectivity index (χ0v) is 5.69. The van der Waals surface area contributed by atoms with Crippen LogP contribution in [0.4, 0.5) is 0 Å². The van der Waals surface area contributed by atoms with Crippen LogP contribution >= 0.6 is 11.8 Å². The number of hydrogen-bond acceptors (Lipinski definition) is 3. The number of hydrogen-bond donors (Lipinski definition) is 1. The van der Waals surface area contributed by atoms with Gasteiger partial charge in [-0.05, 0) is 0 Å². The number of nitrogens with zero attached hydrogens (tertiary/aromatic N) is 2. The Hall–Kier alpha value is -0.770. The first-order chi connectivity index (χ1) is 4.43. The van der Waals surface area contributed by atoms with E-state index in [0.29, 0.717) is 0 Å². The Balaban J connectivity index is 2.38. The molecule has 9 heavy (non-hydrogen) atoms. The Bertz CT molecular complexity index is 170. The fourth-order valence-corrected chi connectivity index (χ4v) is 0.916. The van der Waals surface area contributed by atoms with Crippen molar-refractivity contribution >= 4 is 11.8 Å². The summed E-state index contributed by atoms with van der Waals surface area (Å²) in [6.45, 7) is 3.58. The van der Waals surface area contributed by atoms with Crippen molar-refractivity contribution < 1.29 is 0 Å². The van der Waals surface area contributed by atoms with E-state index in [0.717, 1.165) is 10.9 Å². The third-order valence-electron chi connectivity index (χ3n) is 0.731. The summed E-state index contributed by atoms with van der Waals surface area (Å²) in [6.07, 6.45) is 3.32. The Morgan fingerprint density at radius 2 is 2.78 bits per heavy atom. The standard InChI is InChI=1S/C5H7N3S/c1-2-3-9-5-6-4-7-8-5/h2,4H,1,3H2,(H,6,7,8). The number of rotatable bonds is 3. The molecule has 1 N–H and O–H groups in total. The monoisotopic (exact) mass is 141 g/mol. The predicted octanol–water partition coefficient (Wildman–Crippen LogP) is 1.08. The van der Waals surface area contributed by atoms with Crippen LogP contribution in [0.3, 0.4) is 0 Å². The van der Waals surface area contributed by atoms with Crippen molar-refractivity contribution in [2.45, 2.75) is 5.16 Å². The van der Waals surface area contributed by atoms with Crippen LogP contribution < -0.4 is 0 Å². The lowest BCUT2D eigenvalue weighted by Gasteiger charge is -1.85. The van der Waals surface area contributed by atoms with Crippen LogP contribution in [-0.2, 0) is 0 Å². The van der Waals surface area contributed by atoms with Crippen LogP contribution in [0.2, 0.25) is 0 Å². The van der Waals surface area contributed by atoms with Crippen LogP contribution in [-0.4, -0.2) is 20.9 Å². The summed E-state index contributed by atoms with van der Waals surface area (Å²) in [6, 6.07) is 0. The van der Waals surface area contributed by atoms with Crippen molar-refractivity contribution in [3.63, 3.8) is 0 Å². The van der Waals surface area contributed by atoms with E-state index in [2.05, 4.69) is 21.8 Å². The lowest BCUT2D eigenvalue weighted by atomic mass is 10.8. The molecule has 0 saturated carbocycles. The summed E-state index contributed by atoms with van der Waals surface area (Å²) in [5.74, 6) is 0.870. The first-order valence-corrected chi connectivity index (χ1v) is 3.51. The number of H-pyrrole nitrogens is 1. The molecule has 0 saturated heterocycles. The average molecular weight is 141 g/mol. The minimum atomic E-state index is 0.843. The maximum Gasteiger partial charge on any atom is 0.183 e. The van der Waals surface area contributed by atoms with Gasteiger partial charge in [0.1, 0.15) is 6.33 Å². The van der Waals surface area contributed by atoms with E-state index in [1.54, 1.807) is 11.8 Å². The van der Waals surface area contributed by atoms with Gasteiger partial charge in [-0.25, -0.2) is 4.98 Å². The molecule has 0 aliphatic rings. The second kappa shape index (κ2) is 3.29. The molecular formula is C5H7N3S. The molecule has 48 valence electrons. The topological polar surface area (TPSA) is 41.6 Å². The summed E-state index contributed by atoms with van der Waals surface area (Å²) in [4.78, 5) is 3.90. The lowest BCUT2D eigenvalue weighted by molar-refractivity contribution is 0.975. The van der Waals surface area contributed by atoms with Gasteiger partial charge in [0.05, 0.1) is 0 Å². The van der Waals surface area contributed by atoms with Crippen LogP contribution in [0.1, 0.15) is 0 Å². The molecule has 0 spiro atoms.